The second-order valence-electron chi connectivity index (χ2n) is 5.99. The van der Waals surface area contributed by atoms with E-state index in [2.05, 4.69) is 31.2 Å². The maximum absolute atomic E-state index is 11.3. The van der Waals surface area contributed by atoms with E-state index >= 15 is 0 Å². The number of imidazole rings is 1. The van der Waals surface area contributed by atoms with Gasteiger partial charge in [0, 0.05) is 33.1 Å². The lowest BCUT2D eigenvalue weighted by Gasteiger charge is -2.12. The summed E-state index contributed by atoms with van der Waals surface area (Å²) in [6.07, 6.45) is 2.11. The molecule has 0 saturated heterocycles. The van der Waals surface area contributed by atoms with E-state index < -0.39 is 0 Å². The van der Waals surface area contributed by atoms with Crippen molar-refractivity contribution < 1.29 is 9.53 Å². The number of fused-ring (bicyclic) bond motifs is 1. The highest BCUT2D eigenvalue weighted by atomic mass is 16.5. The average molecular weight is 359 g/mol. The number of hydrogen-bond donors (Lipinski definition) is 2. The fraction of sp³-hybridized carbons (Fsp3) is 0.526. The van der Waals surface area contributed by atoms with Crippen molar-refractivity contribution in [1.29, 1.82) is 0 Å². The molecule has 0 amide bonds. The van der Waals surface area contributed by atoms with Gasteiger partial charge in [-0.3, -0.25) is 9.79 Å². The Bertz CT molecular complexity index is 739. The van der Waals surface area contributed by atoms with Crippen LogP contribution in [0.2, 0.25) is 0 Å². The molecule has 0 fully saturated rings. The monoisotopic (exact) mass is 359 g/mol. The van der Waals surface area contributed by atoms with Crippen molar-refractivity contribution in [3.8, 4) is 0 Å². The van der Waals surface area contributed by atoms with E-state index in [1.165, 1.54) is 5.52 Å². The molecule has 2 rings (SSSR count). The number of carbonyl (C=O) groups is 1. The Kier molecular flexibility index (Phi) is 7.92. The number of nitrogens with one attached hydrogen (secondary N) is 2. The van der Waals surface area contributed by atoms with E-state index in [4.69, 9.17) is 4.74 Å². The summed E-state index contributed by atoms with van der Waals surface area (Å²) in [6, 6.07) is 8.20. The number of nitrogens with zero attached hydrogens (tertiary/aromatic N) is 3. The van der Waals surface area contributed by atoms with Gasteiger partial charge in [0.25, 0.3) is 0 Å². The molecule has 2 N–H and O–H groups in total. The van der Waals surface area contributed by atoms with Gasteiger partial charge in [0.2, 0.25) is 0 Å². The zero-order valence-corrected chi connectivity index (χ0v) is 15.9. The molecule has 0 atom stereocenters. The van der Waals surface area contributed by atoms with E-state index in [0.29, 0.717) is 19.6 Å². The quantitative estimate of drug-likeness (QED) is 0.311. The molecule has 7 heteroatoms. The van der Waals surface area contributed by atoms with Crippen LogP contribution in [0.4, 0.5) is 0 Å². The molecule has 1 aromatic carbocycles. The maximum atomic E-state index is 11.3. The van der Waals surface area contributed by atoms with E-state index in [1.807, 2.05) is 32.0 Å². The van der Waals surface area contributed by atoms with Gasteiger partial charge in [0.1, 0.15) is 5.82 Å². The van der Waals surface area contributed by atoms with Crippen LogP contribution >= 0.6 is 0 Å². The number of guanidine groups is 1. The normalized spacial score (nSPS) is 11.6. The molecule has 0 spiro atoms. The lowest BCUT2D eigenvalue weighted by atomic mass is 10.3. The molecule has 0 unspecified atom stereocenters. The van der Waals surface area contributed by atoms with Gasteiger partial charge < -0.3 is 19.9 Å². The molecule has 1 aromatic heterocycles. The smallest absolute Gasteiger partial charge is 0.305 e. The molecular weight excluding hydrogens is 330 g/mol. The van der Waals surface area contributed by atoms with Gasteiger partial charge in [-0.2, -0.15) is 0 Å². The Balaban J connectivity index is 1.69. The number of aryl methyl sites for hydroxylation is 2. The van der Waals surface area contributed by atoms with Crippen LogP contribution in [0, 0.1) is 6.92 Å². The summed E-state index contributed by atoms with van der Waals surface area (Å²) in [5.74, 6) is 1.63. The number of rotatable bonds is 9. The first-order chi connectivity index (χ1) is 12.7. The molecule has 0 saturated carbocycles. The van der Waals surface area contributed by atoms with Crippen LogP contribution in [0.15, 0.2) is 29.3 Å². The minimum absolute atomic E-state index is 0.153. The number of aromatic nitrogens is 2. The van der Waals surface area contributed by atoms with Crippen molar-refractivity contribution in [1.82, 2.24) is 20.2 Å². The van der Waals surface area contributed by atoms with Gasteiger partial charge in [-0.1, -0.05) is 12.1 Å². The molecule has 0 aliphatic heterocycles. The number of ether oxygens (including phenoxy) is 1. The van der Waals surface area contributed by atoms with Crippen LogP contribution in [0.3, 0.4) is 0 Å². The topological polar surface area (TPSA) is 80.5 Å². The van der Waals surface area contributed by atoms with E-state index in [0.717, 1.165) is 43.2 Å². The second kappa shape index (κ2) is 10.4. The van der Waals surface area contributed by atoms with Crippen molar-refractivity contribution in [3.05, 3.63) is 30.1 Å². The number of para-hydroxylation sites is 2. The predicted molar refractivity (Wildman–Crippen MR) is 104 cm³/mol. The first-order valence-corrected chi connectivity index (χ1v) is 9.17. The van der Waals surface area contributed by atoms with Gasteiger partial charge >= 0.3 is 5.97 Å². The first kappa shape index (κ1) is 19.8. The highest BCUT2D eigenvalue weighted by Crippen LogP contribution is 2.15. The lowest BCUT2D eigenvalue weighted by Crippen LogP contribution is -2.38. The zero-order chi connectivity index (χ0) is 18.8. The second-order valence-corrected chi connectivity index (χ2v) is 5.99. The van der Waals surface area contributed by atoms with Crippen molar-refractivity contribution in [2.24, 2.45) is 4.99 Å². The van der Waals surface area contributed by atoms with E-state index in [9.17, 15) is 4.79 Å². The average Bonchev–Trinajstić information content (AvgIpc) is 2.96. The molecule has 0 bridgehead atoms. The third-order valence-corrected chi connectivity index (χ3v) is 4.08. The van der Waals surface area contributed by atoms with Gasteiger partial charge in [-0.05, 0) is 38.8 Å². The molecular formula is C19H29N5O2. The molecule has 0 radical (unpaired) electrons. The van der Waals surface area contributed by atoms with Crippen LogP contribution in [0.1, 0.15) is 32.0 Å². The third-order valence-electron chi connectivity index (χ3n) is 4.08. The Labute approximate surface area is 154 Å². The summed E-state index contributed by atoms with van der Waals surface area (Å²) in [5, 5.41) is 6.52. The van der Waals surface area contributed by atoms with Crippen LogP contribution in [-0.2, 0) is 16.1 Å². The number of carbonyl (C=O) groups excluding carboxylic acids is 1. The molecule has 2 aromatic rings. The molecule has 1 heterocycles. The summed E-state index contributed by atoms with van der Waals surface area (Å²) in [7, 11) is 1.74. The van der Waals surface area contributed by atoms with Crippen LogP contribution in [0.25, 0.3) is 11.0 Å². The van der Waals surface area contributed by atoms with Crippen LogP contribution in [0.5, 0.6) is 0 Å². The van der Waals surface area contributed by atoms with Gasteiger partial charge in [-0.25, -0.2) is 4.98 Å². The Morgan fingerprint density at radius 1 is 1.23 bits per heavy atom. The SMILES string of the molecule is CCOC(=O)CCCNC(=NC)NCCCn1c(C)nc2ccccc21. The van der Waals surface area contributed by atoms with E-state index in [1.54, 1.807) is 7.05 Å². The fourth-order valence-corrected chi connectivity index (χ4v) is 2.82. The Morgan fingerprint density at radius 2 is 1.96 bits per heavy atom. The van der Waals surface area contributed by atoms with Gasteiger partial charge in [0.15, 0.2) is 5.96 Å². The fourth-order valence-electron chi connectivity index (χ4n) is 2.82. The van der Waals surface area contributed by atoms with Crippen LogP contribution < -0.4 is 10.6 Å². The van der Waals surface area contributed by atoms with Crippen molar-refractivity contribution >= 4 is 23.0 Å². The highest BCUT2D eigenvalue weighted by Gasteiger charge is 2.06. The number of hydrogen-bond acceptors (Lipinski definition) is 4. The summed E-state index contributed by atoms with van der Waals surface area (Å²) < 4.78 is 7.15. The molecule has 26 heavy (non-hydrogen) atoms. The summed E-state index contributed by atoms with van der Waals surface area (Å²) in [6.45, 7) is 6.68. The summed E-state index contributed by atoms with van der Waals surface area (Å²) in [4.78, 5) is 20.1. The van der Waals surface area contributed by atoms with Gasteiger partial charge in [0.05, 0.1) is 17.6 Å². The largest absolute Gasteiger partial charge is 0.466 e. The minimum atomic E-state index is -0.153. The lowest BCUT2D eigenvalue weighted by molar-refractivity contribution is -0.143. The maximum Gasteiger partial charge on any atom is 0.305 e. The molecule has 0 aliphatic rings. The van der Waals surface area contributed by atoms with E-state index in [-0.39, 0.29) is 5.97 Å². The number of benzene rings is 1. The zero-order valence-electron chi connectivity index (χ0n) is 15.9. The number of aliphatic imine (C=N–C) groups is 1. The number of esters is 1. The Hall–Kier alpha value is -2.57. The van der Waals surface area contributed by atoms with Crippen molar-refractivity contribution in [3.63, 3.8) is 0 Å². The summed E-state index contributed by atoms with van der Waals surface area (Å²) >= 11 is 0. The molecule has 7 nitrogen and oxygen atoms in total. The molecule has 142 valence electrons. The van der Waals surface area contributed by atoms with Gasteiger partial charge in [-0.15, -0.1) is 0 Å². The summed E-state index contributed by atoms with van der Waals surface area (Å²) in [5.41, 5.74) is 2.21. The van der Waals surface area contributed by atoms with Crippen molar-refractivity contribution in [2.75, 3.05) is 26.7 Å². The highest BCUT2D eigenvalue weighted by molar-refractivity contribution is 5.79. The van der Waals surface area contributed by atoms with Crippen molar-refractivity contribution in [2.45, 2.75) is 39.7 Å². The minimum Gasteiger partial charge on any atom is -0.466 e. The standard InChI is InChI=1S/C19H29N5O2/c1-4-26-18(25)11-7-12-21-19(20-3)22-13-8-14-24-15(2)23-16-9-5-6-10-17(16)24/h5-6,9-10H,4,7-8,11-14H2,1-3H3,(H2,20,21,22). The first-order valence-electron chi connectivity index (χ1n) is 9.17. The Morgan fingerprint density at radius 3 is 2.69 bits per heavy atom. The predicted octanol–water partition coefficient (Wildman–Crippen LogP) is 2.24. The van der Waals surface area contributed by atoms with Crippen LogP contribution in [-0.4, -0.2) is 48.2 Å². The molecule has 0 aliphatic carbocycles. The third kappa shape index (κ3) is 5.75.